The summed E-state index contributed by atoms with van der Waals surface area (Å²) in [5, 5.41) is 25.1. The number of halogens is 3. The first-order chi connectivity index (χ1) is 23.8. The average Bonchev–Trinajstić information content (AvgIpc) is 3.73. The number of H-pyrrole nitrogens is 1. The van der Waals surface area contributed by atoms with Gasteiger partial charge in [-0.2, -0.15) is 23.5 Å². The van der Waals surface area contributed by atoms with E-state index >= 15 is 0 Å². The molecular formula is C34H36F3N9O4. The molecule has 0 bridgehead atoms. The van der Waals surface area contributed by atoms with Crippen LogP contribution in [0.1, 0.15) is 31.7 Å². The Bertz CT molecular complexity index is 1990. The fourth-order valence-corrected chi connectivity index (χ4v) is 7.55. The van der Waals surface area contributed by atoms with E-state index in [1.807, 2.05) is 57.8 Å². The zero-order chi connectivity index (χ0) is 36.0. The molecule has 262 valence electrons. The number of carboxylic acids is 1. The molecule has 1 spiro atoms. The number of hydrogen-bond acceptors (Lipinski definition) is 7. The van der Waals surface area contributed by atoms with Crippen LogP contribution in [-0.4, -0.2) is 104 Å². The molecule has 50 heavy (non-hydrogen) atoms. The summed E-state index contributed by atoms with van der Waals surface area (Å²) in [6, 6.07) is 12.5. The number of hydrogen-bond donors (Lipinski definition) is 3. The van der Waals surface area contributed by atoms with E-state index in [2.05, 4.69) is 38.5 Å². The number of aliphatic carboxylic acids is 1. The van der Waals surface area contributed by atoms with Crippen LogP contribution in [0, 0.1) is 11.3 Å². The van der Waals surface area contributed by atoms with E-state index < -0.39 is 17.6 Å². The summed E-state index contributed by atoms with van der Waals surface area (Å²) in [5.41, 5.74) is 5.48. The van der Waals surface area contributed by atoms with Gasteiger partial charge in [0.25, 0.3) is 0 Å². The number of aryl methyl sites for hydroxylation is 1. The van der Waals surface area contributed by atoms with Crippen LogP contribution in [0.3, 0.4) is 0 Å². The van der Waals surface area contributed by atoms with Gasteiger partial charge in [0.15, 0.2) is 0 Å². The van der Waals surface area contributed by atoms with Crippen LogP contribution in [0.15, 0.2) is 48.9 Å². The Kier molecular flexibility index (Phi) is 8.81. The SMILES string of the molecule is CCNC(=O)N1CC(CC#N)(N2CCC3(CC2)C(=O)N(C)c2cnc4[nH]c(-c5cnn(C)c5)c(-c5ccccc5)c4c23)C1.O=C(O)C(F)(F)F. The van der Waals surface area contributed by atoms with Gasteiger partial charge >= 0.3 is 18.2 Å². The Morgan fingerprint density at radius 1 is 1.10 bits per heavy atom. The average molecular weight is 692 g/mol. The number of benzene rings is 1. The van der Waals surface area contributed by atoms with Gasteiger partial charge in [-0.3, -0.25) is 14.4 Å². The van der Waals surface area contributed by atoms with Crippen LogP contribution in [0.2, 0.25) is 0 Å². The highest BCUT2D eigenvalue weighted by Crippen LogP contribution is 2.54. The number of likely N-dealkylation sites (N-methyl/N-ethyl adjacent to an activating group) is 1. The maximum Gasteiger partial charge on any atom is 0.490 e. The highest BCUT2D eigenvalue weighted by molar-refractivity contribution is 6.16. The maximum atomic E-state index is 14.2. The van der Waals surface area contributed by atoms with Gasteiger partial charge in [0.05, 0.1) is 47.2 Å². The number of carbonyl (C=O) groups is 3. The van der Waals surface area contributed by atoms with Crippen molar-refractivity contribution in [1.82, 2.24) is 34.9 Å². The first-order valence-corrected chi connectivity index (χ1v) is 16.1. The van der Waals surface area contributed by atoms with Crippen molar-refractivity contribution >= 4 is 34.6 Å². The molecule has 3 aliphatic rings. The summed E-state index contributed by atoms with van der Waals surface area (Å²) in [6.45, 7) is 4.82. The van der Waals surface area contributed by atoms with Gasteiger partial charge in [0.2, 0.25) is 5.91 Å². The van der Waals surface area contributed by atoms with Crippen molar-refractivity contribution in [1.29, 1.82) is 5.26 Å². The zero-order valence-electron chi connectivity index (χ0n) is 27.7. The number of piperidine rings is 1. The minimum absolute atomic E-state index is 0.0893. The van der Waals surface area contributed by atoms with Gasteiger partial charge < -0.3 is 25.2 Å². The summed E-state index contributed by atoms with van der Waals surface area (Å²) in [7, 11) is 3.75. The standard InChI is InChI=1S/C32H35N9O2.C2HF3O2/c1-4-34-30(43)40-19-31(20-40,10-13-33)41-14-11-32(12-15-41)26-23(39(3)29(32)42)17-35-28-25(26)24(21-8-6-5-7-9-21)27(37-28)22-16-36-38(2)18-22;3-2(4,5)1(6)7/h5-9,16-18H,4,10-12,14-15,19-20H2,1-3H3,(H,34,43)(H,35,37);(H,6,7). The molecule has 2 saturated heterocycles. The molecule has 13 nitrogen and oxygen atoms in total. The van der Waals surface area contributed by atoms with E-state index in [1.54, 1.807) is 14.5 Å². The van der Waals surface area contributed by atoms with E-state index in [0.717, 1.165) is 44.7 Å². The van der Waals surface area contributed by atoms with Gasteiger partial charge in [0.1, 0.15) is 5.65 Å². The Morgan fingerprint density at radius 3 is 2.32 bits per heavy atom. The maximum absolute atomic E-state index is 14.2. The summed E-state index contributed by atoms with van der Waals surface area (Å²) >= 11 is 0. The predicted octanol–water partition coefficient (Wildman–Crippen LogP) is 4.27. The van der Waals surface area contributed by atoms with Crippen LogP contribution in [-0.2, 0) is 22.1 Å². The normalized spacial score (nSPS) is 17.9. The molecule has 0 saturated carbocycles. The molecular weight excluding hydrogens is 655 g/mol. The van der Waals surface area contributed by atoms with Crippen molar-refractivity contribution in [3.05, 3.63) is 54.5 Å². The smallest absolute Gasteiger partial charge is 0.475 e. The molecule has 3 N–H and O–H groups in total. The first-order valence-electron chi connectivity index (χ1n) is 16.1. The number of alkyl halides is 3. The lowest BCUT2D eigenvalue weighted by molar-refractivity contribution is -0.192. The molecule has 0 unspecified atom stereocenters. The Morgan fingerprint density at radius 2 is 1.76 bits per heavy atom. The molecule has 3 amide bonds. The minimum atomic E-state index is -5.08. The molecule has 7 rings (SSSR count). The quantitative estimate of drug-likeness (QED) is 0.280. The van der Waals surface area contributed by atoms with Gasteiger partial charge in [-0.25, -0.2) is 14.6 Å². The number of carbonyl (C=O) groups excluding carboxylic acids is 2. The number of likely N-dealkylation sites (tertiary alicyclic amines) is 2. The number of nitrogens with zero attached hydrogens (tertiary/aromatic N) is 7. The number of anilines is 1. The summed E-state index contributed by atoms with van der Waals surface area (Å²) in [6.07, 6.45) is 2.16. The fourth-order valence-electron chi connectivity index (χ4n) is 7.55. The Hall–Kier alpha value is -5.43. The summed E-state index contributed by atoms with van der Waals surface area (Å²) < 4.78 is 33.5. The number of nitrogens with one attached hydrogen (secondary N) is 2. The monoisotopic (exact) mass is 691 g/mol. The van der Waals surface area contributed by atoms with E-state index in [9.17, 15) is 28.0 Å². The largest absolute Gasteiger partial charge is 0.490 e. The molecule has 3 aromatic heterocycles. The number of aromatic amines is 1. The second kappa shape index (κ2) is 12.8. The van der Waals surface area contributed by atoms with Crippen molar-refractivity contribution in [3.63, 3.8) is 0 Å². The summed E-state index contributed by atoms with van der Waals surface area (Å²) in [5.74, 6) is -2.67. The van der Waals surface area contributed by atoms with Crippen LogP contribution >= 0.6 is 0 Å². The zero-order valence-corrected chi connectivity index (χ0v) is 27.7. The Balaban J connectivity index is 0.000000561. The van der Waals surface area contributed by atoms with Gasteiger partial charge in [-0.15, -0.1) is 0 Å². The third-order valence-corrected chi connectivity index (χ3v) is 9.94. The Labute approximate surface area is 285 Å². The molecule has 16 heteroatoms. The third-order valence-electron chi connectivity index (χ3n) is 9.94. The van der Waals surface area contributed by atoms with E-state index in [1.165, 1.54) is 0 Å². The number of carboxylic acid groups (broad SMARTS) is 1. The van der Waals surface area contributed by atoms with Crippen LogP contribution < -0.4 is 10.2 Å². The third kappa shape index (κ3) is 5.70. The van der Waals surface area contributed by atoms with Crippen molar-refractivity contribution in [3.8, 4) is 28.5 Å². The molecule has 2 fully saturated rings. The fraction of sp³-hybridized carbons (Fsp3) is 0.412. The number of aromatic nitrogens is 4. The molecule has 0 aliphatic carbocycles. The second-order valence-corrected chi connectivity index (χ2v) is 12.9. The van der Waals surface area contributed by atoms with Gasteiger partial charge in [0, 0.05) is 75.1 Å². The van der Waals surface area contributed by atoms with Crippen LogP contribution in [0.4, 0.5) is 23.7 Å². The van der Waals surface area contributed by atoms with E-state index in [0.29, 0.717) is 52.0 Å². The lowest BCUT2D eigenvalue weighted by Gasteiger charge is -2.57. The first kappa shape index (κ1) is 34.4. The topological polar surface area (TPSA) is 163 Å². The lowest BCUT2D eigenvalue weighted by Crippen LogP contribution is -2.73. The number of amides is 3. The molecule has 4 aromatic rings. The van der Waals surface area contributed by atoms with Crippen LogP contribution in [0.5, 0.6) is 0 Å². The molecule has 6 heterocycles. The van der Waals surface area contributed by atoms with Gasteiger partial charge in [-0.1, -0.05) is 30.3 Å². The van der Waals surface area contributed by atoms with Crippen molar-refractivity contribution < 1.29 is 32.7 Å². The minimum Gasteiger partial charge on any atom is -0.475 e. The van der Waals surface area contributed by atoms with Crippen LogP contribution in [0.25, 0.3) is 33.4 Å². The number of rotatable bonds is 5. The molecule has 0 atom stereocenters. The van der Waals surface area contributed by atoms with E-state index in [-0.39, 0.29) is 17.5 Å². The van der Waals surface area contributed by atoms with Crippen molar-refractivity contribution in [2.45, 2.75) is 43.3 Å². The van der Waals surface area contributed by atoms with Crippen molar-refractivity contribution in [2.24, 2.45) is 7.05 Å². The number of urea groups is 1. The molecule has 0 radical (unpaired) electrons. The van der Waals surface area contributed by atoms with Gasteiger partial charge in [-0.05, 0) is 25.3 Å². The van der Waals surface area contributed by atoms with Crippen molar-refractivity contribution in [2.75, 3.05) is 44.7 Å². The number of pyridine rings is 1. The lowest BCUT2D eigenvalue weighted by atomic mass is 9.70. The second-order valence-electron chi connectivity index (χ2n) is 12.9. The molecule has 1 aromatic carbocycles. The number of nitriles is 1. The number of fused-ring (bicyclic) bond motifs is 4. The van der Waals surface area contributed by atoms with E-state index in [4.69, 9.17) is 14.9 Å². The highest BCUT2D eigenvalue weighted by Gasteiger charge is 2.57. The predicted molar refractivity (Wildman–Crippen MR) is 177 cm³/mol. The highest BCUT2D eigenvalue weighted by atomic mass is 19.4. The molecule has 3 aliphatic heterocycles. The summed E-state index contributed by atoms with van der Waals surface area (Å²) in [4.78, 5) is 49.9.